The van der Waals surface area contributed by atoms with E-state index >= 15 is 0 Å². The van der Waals surface area contributed by atoms with Crippen molar-refractivity contribution in [3.05, 3.63) is 88.7 Å². The van der Waals surface area contributed by atoms with Gasteiger partial charge in [0.15, 0.2) is 0 Å². The Morgan fingerprint density at radius 1 is 1.07 bits per heavy atom. The number of methoxy groups -OCH3 is 2. The fourth-order valence-corrected chi connectivity index (χ4v) is 6.52. The van der Waals surface area contributed by atoms with Gasteiger partial charge in [0.25, 0.3) is 5.91 Å². The molecule has 9 nitrogen and oxygen atoms in total. The van der Waals surface area contributed by atoms with Crippen molar-refractivity contribution in [1.82, 2.24) is 19.8 Å². The van der Waals surface area contributed by atoms with E-state index in [-0.39, 0.29) is 23.8 Å². The minimum Gasteiger partial charge on any atom is -0.385 e. The summed E-state index contributed by atoms with van der Waals surface area (Å²) in [5, 5.41) is 3.30. The Labute approximate surface area is 276 Å². The molecule has 0 aliphatic carbocycles. The van der Waals surface area contributed by atoms with Crippen LogP contribution in [0.2, 0.25) is 5.02 Å². The number of amides is 2. The second-order valence-corrected chi connectivity index (χ2v) is 12.4. The van der Waals surface area contributed by atoms with Crippen LogP contribution in [0, 0.1) is 0 Å². The third-order valence-corrected chi connectivity index (χ3v) is 8.89. The van der Waals surface area contributed by atoms with E-state index in [9.17, 15) is 9.59 Å². The van der Waals surface area contributed by atoms with Crippen molar-refractivity contribution < 1.29 is 19.1 Å². The Kier molecular flexibility index (Phi) is 11.8. The number of nitrogens with zero attached hydrogens (tertiary/aromatic N) is 3. The smallest absolute Gasteiger partial charge is 0.251 e. The van der Waals surface area contributed by atoms with Crippen LogP contribution in [0.1, 0.15) is 53.3 Å². The Hall–Kier alpha value is -3.76. The van der Waals surface area contributed by atoms with Crippen molar-refractivity contribution in [2.45, 2.75) is 50.6 Å². The highest BCUT2D eigenvalue weighted by molar-refractivity contribution is 6.33. The third kappa shape index (κ3) is 8.33. The maximum absolute atomic E-state index is 13.4. The number of carbonyl (C=O) groups excluding carboxylic acids is 2. The summed E-state index contributed by atoms with van der Waals surface area (Å²) < 4.78 is 12.6. The lowest BCUT2D eigenvalue weighted by molar-refractivity contribution is -0.132. The van der Waals surface area contributed by atoms with Crippen molar-refractivity contribution in [3.63, 3.8) is 0 Å². The number of hydrogen-bond acceptors (Lipinski definition) is 6. The molecular weight excluding hydrogens is 602 g/mol. The molecule has 1 saturated heterocycles. The molecule has 4 aromatic rings. The van der Waals surface area contributed by atoms with Crippen LogP contribution >= 0.6 is 11.6 Å². The van der Waals surface area contributed by atoms with Gasteiger partial charge in [-0.25, -0.2) is 4.98 Å². The summed E-state index contributed by atoms with van der Waals surface area (Å²) in [5.74, 6) is 1.14. The molecule has 2 unspecified atom stereocenters. The van der Waals surface area contributed by atoms with Gasteiger partial charge in [-0.15, -0.1) is 0 Å². The monoisotopic (exact) mass is 645 g/mol. The molecular formula is C36H44ClN5O4. The van der Waals surface area contributed by atoms with Gasteiger partial charge in [0.1, 0.15) is 5.82 Å². The number of likely N-dealkylation sites (tertiary alicyclic amines) is 1. The second kappa shape index (κ2) is 16.2. The highest BCUT2D eigenvalue weighted by Crippen LogP contribution is 2.31. The first-order valence-corrected chi connectivity index (χ1v) is 16.4. The number of halogens is 1. The zero-order valence-electron chi connectivity index (χ0n) is 26.7. The number of benzene rings is 3. The minimum absolute atomic E-state index is 0.0917. The lowest BCUT2D eigenvalue weighted by atomic mass is 9.95. The fourth-order valence-electron chi connectivity index (χ4n) is 6.23. The average molecular weight is 646 g/mol. The largest absolute Gasteiger partial charge is 0.385 e. The molecule has 1 aliphatic rings. The van der Waals surface area contributed by atoms with E-state index in [1.54, 1.807) is 26.4 Å². The van der Waals surface area contributed by atoms with Crippen LogP contribution in [0.15, 0.2) is 66.7 Å². The summed E-state index contributed by atoms with van der Waals surface area (Å²) in [7, 11) is 3.32. The number of fused-ring (bicyclic) bond motifs is 1. The van der Waals surface area contributed by atoms with E-state index in [1.807, 2.05) is 47.4 Å². The summed E-state index contributed by atoms with van der Waals surface area (Å²) in [4.78, 5) is 32.8. The van der Waals surface area contributed by atoms with Gasteiger partial charge in [-0.1, -0.05) is 54.1 Å². The van der Waals surface area contributed by atoms with Crippen LogP contribution in [0.25, 0.3) is 22.2 Å². The summed E-state index contributed by atoms with van der Waals surface area (Å²) >= 11 is 6.55. The molecule has 3 N–H and O–H groups in total. The van der Waals surface area contributed by atoms with Crippen molar-refractivity contribution in [3.8, 4) is 11.1 Å². The Balaban J connectivity index is 1.17. The van der Waals surface area contributed by atoms with Crippen LogP contribution in [0.4, 0.5) is 0 Å². The average Bonchev–Trinajstić information content (AvgIpc) is 3.44. The Morgan fingerprint density at radius 3 is 2.61 bits per heavy atom. The van der Waals surface area contributed by atoms with Crippen LogP contribution in [0.3, 0.4) is 0 Å². The van der Waals surface area contributed by atoms with Crippen molar-refractivity contribution >= 4 is 34.4 Å². The van der Waals surface area contributed by atoms with Crippen molar-refractivity contribution in [2.24, 2.45) is 5.73 Å². The lowest BCUT2D eigenvalue weighted by Crippen LogP contribution is -2.42. The highest BCUT2D eigenvalue weighted by atomic mass is 35.5. The van der Waals surface area contributed by atoms with Gasteiger partial charge < -0.3 is 30.0 Å². The van der Waals surface area contributed by atoms with Gasteiger partial charge in [0.2, 0.25) is 5.91 Å². The SMILES string of the molecule is COCCCn1c(C2CCCN(C(=O)CC(N)Cc3ccc(-c4ccc(C(=O)NCCOC)cc4Cl)cc3)C2)nc2ccccc21. The molecule has 0 radical (unpaired) electrons. The maximum atomic E-state index is 13.4. The molecule has 0 spiro atoms. The van der Waals surface area contributed by atoms with E-state index in [0.29, 0.717) is 49.7 Å². The molecule has 0 saturated carbocycles. The molecule has 1 aromatic heterocycles. The number of hydrogen-bond donors (Lipinski definition) is 2. The molecule has 2 atom stereocenters. The van der Waals surface area contributed by atoms with E-state index in [0.717, 1.165) is 65.9 Å². The molecule has 46 heavy (non-hydrogen) atoms. The molecule has 5 rings (SSSR count). The standard InChI is InChI=1S/C36H44ClN5O4/c1-45-19-6-18-42-33-9-4-3-8-32(33)40-35(42)28-7-5-17-41(24-28)34(43)23-29(38)21-25-10-12-26(13-11-25)30-15-14-27(22-31(30)37)36(44)39-16-20-46-2/h3-4,8-15,22,28-29H,5-7,16-21,23-24,38H2,1-2H3,(H,39,44). The number of para-hydroxylation sites is 2. The number of carbonyl (C=O) groups is 2. The normalized spacial score (nSPS) is 15.7. The first-order valence-electron chi connectivity index (χ1n) is 16.0. The van der Waals surface area contributed by atoms with Crippen LogP contribution in [-0.2, 0) is 27.2 Å². The second-order valence-electron chi connectivity index (χ2n) is 11.9. The number of nitrogens with two attached hydrogens (primary N) is 1. The van der Waals surface area contributed by atoms with E-state index < -0.39 is 0 Å². The van der Waals surface area contributed by atoms with Gasteiger partial charge >= 0.3 is 0 Å². The van der Waals surface area contributed by atoms with Gasteiger partial charge in [0, 0.05) is 81.5 Å². The topological polar surface area (TPSA) is 112 Å². The van der Waals surface area contributed by atoms with Crippen molar-refractivity contribution in [2.75, 3.05) is 47.1 Å². The number of aromatic nitrogens is 2. The molecule has 2 heterocycles. The number of rotatable bonds is 14. The number of imidazole rings is 1. The molecule has 1 aliphatic heterocycles. The zero-order chi connectivity index (χ0) is 32.5. The quantitative estimate of drug-likeness (QED) is 0.177. The van der Waals surface area contributed by atoms with E-state index in [1.165, 1.54) is 0 Å². The van der Waals surface area contributed by atoms with Crippen LogP contribution in [-0.4, -0.2) is 79.4 Å². The molecule has 3 aromatic carbocycles. The lowest BCUT2D eigenvalue weighted by Gasteiger charge is -2.33. The first-order chi connectivity index (χ1) is 22.4. The number of piperidine rings is 1. The molecule has 244 valence electrons. The number of aryl methyl sites for hydroxylation is 1. The Morgan fingerprint density at radius 2 is 1.85 bits per heavy atom. The predicted molar refractivity (Wildman–Crippen MR) is 182 cm³/mol. The highest BCUT2D eigenvalue weighted by Gasteiger charge is 2.29. The van der Waals surface area contributed by atoms with E-state index in [4.69, 9.17) is 31.8 Å². The van der Waals surface area contributed by atoms with Crippen molar-refractivity contribution in [1.29, 1.82) is 0 Å². The minimum atomic E-state index is -0.295. The summed E-state index contributed by atoms with van der Waals surface area (Å²) in [5.41, 5.74) is 12.0. The molecule has 10 heteroatoms. The molecule has 0 bridgehead atoms. The fraction of sp³-hybridized carbons (Fsp3) is 0.417. The molecule has 1 fully saturated rings. The number of ether oxygens (including phenoxy) is 2. The van der Waals surface area contributed by atoms with E-state index in [2.05, 4.69) is 22.0 Å². The Bertz CT molecular complexity index is 1620. The zero-order valence-corrected chi connectivity index (χ0v) is 27.5. The van der Waals surface area contributed by atoms with Gasteiger partial charge in [-0.05, 0) is 61.1 Å². The van der Waals surface area contributed by atoms with Gasteiger partial charge in [-0.3, -0.25) is 9.59 Å². The summed E-state index contributed by atoms with van der Waals surface area (Å²) in [6, 6.07) is 21.3. The van der Waals surface area contributed by atoms with Gasteiger partial charge in [0.05, 0.1) is 17.6 Å². The summed E-state index contributed by atoms with van der Waals surface area (Å²) in [6.45, 7) is 3.81. The van der Waals surface area contributed by atoms with Crippen LogP contribution < -0.4 is 11.1 Å². The number of nitrogens with one attached hydrogen (secondary N) is 1. The van der Waals surface area contributed by atoms with Crippen LogP contribution in [0.5, 0.6) is 0 Å². The maximum Gasteiger partial charge on any atom is 0.251 e. The third-order valence-electron chi connectivity index (χ3n) is 8.58. The van der Waals surface area contributed by atoms with Gasteiger partial charge in [-0.2, -0.15) is 0 Å². The molecule has 2 amide bonds. The first kappa shape index (κ1) is 33.6. The predicted octanol–water partition coefficient (Wildman–Crippen LogP) is 5.44. The summed E-state index contributed by atoms with van der Waals surface area (Å²) in [6.07, 6.45) is 3.73.